The number of hydrogen-bond acceptors (Lipinski definition) is 23. The van der Waals surface area contributed by atoms with Crippen LogP contribution in [0.15, 0.2) is 85.2 Å². The quantitative estimate of drug-likeness (QED) is 0.0782. The smallest absolute Gasteiger partial charge is 0.336 e. The van der Waals surface area contributed by atoms with Crippen molar-refractivity contribution in [2.45, 2.75) is 87.6 Å². The molecule has 2 aromatic heterocycles. The Kier molecular flexibility index (Phi) is 14.7. The lowest BCUT2D eigenvalue weighted by atomic mass is 9.73. The van der Waals surface area contributed by atoms with Gasteiger partial charge >= 0.3 is 35.1 Å². The Hall–Kier alpha value is -8.61. The molecule has 2 fully saturated rings. The van der Waals surface area contributed by atoms with E-state index in [1.54, 1.807) is 43.3 Å². The first-order valence-electron chi connectivity index (χ1n) is 28.8. The Morgan fingerprint density at radius 1 is 0.739 bits per heavy atom. The second kappa shape index (κ2) is 22.2. The summed E-state index contributed by atoms with van der Waals surface area (Å²) in [4.78, 5) is 91.4. The zero-order valence-corrected chi connectivity index (χ0v) is 51.0. The molecule has 7 aliphatic heterocycles. The highest BCUT2D eigenvalue weighted by Crippen LogP contribution is 2.65. The van der Waals surface area contributed by atoms with Gasteiger partial charge in [-0.25, -0.2) is 14.4 Å². The summed E-state index contributed by atoms with van der Waals surface area (Å²) in [5.74, 6) is -0.962. The summed E-state index contributed by atoms with van der Waals surface area (Å²) in [7, 11) is 12.3. The number of ether oxygens (including phenoxy) is 8. The molecular weight excluding hydrogens is 1150 g/mol. The number of aliphatic hydroxyl groups is 1. The van der Waals surface area contributed by atoms with Crippen LogP contribution in [0.2, 0.25) is 0 Å². The van der Waals surface area contributed by atoms with Gasteiger partial charge in [-0.1, -0.05) is 6.07 Å². The first-order chi connectivity index (χ1) is 42.2. The number of methoxy groups -OCH3 is 2. The fourth-order valence-electron chi connectivity index (χ4n) is 14.0. The number of aliphatic hydroxyl groups excluding tert-OH is 1. The number of nitrogens with zero attached hydrogens (tertiary/aromatic N) is 4. The van der Waals surface area contributed by atoms with E-state index in [-0.39, 0.29) is 61.5 Å². The Labute approximate surface area is 509 Å². The molecule has 7 aromatic rings. The summed E-state index contributed by atoms with van der Waals surface area (Å²) >= 11 is 1.38. The van der Waals surface area contributed by atoms with Crippen molar-refractivity contribution in [2.24, 2.45) is 0 Å². The zero-order valence-electron chi connectivity index (χ0n) is 50.1. The van der Waals surface area contributed by atoms with E-state index in [1.165, 1.54) is 45.0 Å². The molecule has 9 heterocycles. The summed E-state index contributed by atoms with van der Waals surface area (Å²) < 4.78 is 61.4. The van der Waals surface area contributed by atoms with Gasteiger partial charge in [0.1, 0.15) is 29.8 Å². The molecule has 0 saturated carbocycles. The molecular formula is C65H65N5O17S. The van der Waals surface area contributed by atoms with Crippen LogP contribution in [0.25, 0.3) is 21.9 Å². The van der Waals surface area contributed by atoms with Gasteiger partial charge in [0.15, 0.2) is 40.0 Å². The van der Waals surface area contributed by atoms with Gasteiger partial charge in [-0.3, -0.25) is 29.5 Å². The van der Waals surface area contributed by atoms with Crippen LogP contribution in [0.5, 0.6) is 40.2 Å². The number of piperazine rings is 1. The number of rotatable bonds is 11. The van der Waals surface area contributed by atoms with E-state index in [0.717, 1.165) is 16.9 Å². The van der Waals surface area contributed by atoms with Crippen molar-refractivity contribution in [2.75, 3.05) is 85.0 Å². The van der Waals surface area contributed by atoms with Gasteiger partial charge in [0, 0.05) is 122 Å². The van der Waals surface area contributed by atoms with Crippen molar-refractivity contribution in [3.8, 4) is 40.2 Å². The molecule has 14 rings (SSSR count). The van der Waals surface area contributed by atoms with Crippen molar-refractivity contribution in [1.29, 1.82) is 0 Å². The average Bonchev–Trinajstić information content (AvgIpc) is 0.942. The molecule has 1 unspecified atom stereocenters. The van der Waals surface area contributed by atoms with E-state index in [0.29, 0.717) is 102 Å². The Morgan fingerprint density at radius 3 is 2.01 bits per heavy atom. The van der Waals surface area contributed by atoms with Crippen LogP contribution in [0, 0.1) is 13.8 Å². The third-order valence-corrected chi connectivity index (χ3v) is 19.5. The third kappa shape index (κ3) is 9.56. The molecule has 1 spiro atoms. The number of anilines is 2. The normalized spacial score (nSPS) is 22.5. The van der Waals surface area contributed by atoms with Gasteiger partial charge in [-0.2, -0.15) is 0 Å². The Balaban J connectivity index is 0.923. The summed E-state index contributed by atoms with van der Waals surface area (Å²) in [6.45, 7) is 4.76. The molecule has 2 N–H and O–H groups in total. The zero-order chi connectivity index (χ0) is 61.9. The molecule has 5 aromatic carbocycles. The predicted molar refractivity (Wildman–Crippen MR) is 324 cm³/mol. The fourth-order valence-corrected chi connectivity index (χ4v) is 15.7. The van der Waals surface area contributed by atoms with Crippen LogP contribution < -0.4 is 59.5 Å². The van der Waals surface area contributed by atoms with Gasteiger partial charge < -0.3 is 61.6 Å². The maximum Gasteiger partial charge on any atom is 0.336 e. The second-order valence-corrected chi connectivity index (χ2v) is 24.7. The van der Waals surface area contributed by atoms with Gasteiger partial charge in [0.2, 0.25) is 6.79 Å². The number of fused-ring (bicyclic) bond motifs is 11. The molecule has 0 radical (unpaired) electrons. The van der Waals surface area contributed by atoms with Crippen LogP contribution in [-0.4, -0.2) is 132 Å². The average molecular weight is 1220 g/mol. The highest BCUT2D eigenvalue weighted by Gasteiger charge is 2.62. The molecule has 458 valence electrons. The number of aryl methyl sites for hydroxylation is 1. The number of nitrogens with one attached hydrogen (secondary N) is 1. The standard InChI is InChI=1S/C65H65N5O17S/c1-30-17-36-18-42-63(76)70-43-27-80-64(77)65(41-26-46(78-9)47(19-33(41)15-16-66-65)86-50(74)22-34-20-48(72)84-44-24-37(67(4)5)11-13-39(34)44)28-88-62(54-53(43)60-59(81-29-82-60)31(2)58(54)83-32(3)71)56(70)55(69(42)8)52(36)61(57(30)79-10)87-51(75)23-35-21-49(73)85-45-25-38(68(6)7)12-14-40(35)45/h11-14,17,19-21,24-26,42-43,55-56,62-63,66,76H,15-16,18,22-23,27-29H2,1-10H3/t42-,43-,55-,56?,62-,63+,65-/m1/s1. The maximum absolute atomic E-state index is 15.5. The second-order valence-electron chi connectivity index (χ2n) is 23.5. The molecule has 23 heteroatoms. The lowest BCUT2D eigenvalue weighted by Gasteiger charge is -2.62. The highest BCUT2D eigenvalue weighted by atomic mass is 32.2. The van der Waals surface area contributed by atoms with E-state index in [2.05, 4.69) is 10.2 Å². The topological polar surface area (TPSA) is 248 Å². The number of carbonyl (C=O) groups is 4. The summed E-state index contributed by atoms with van der Waals surface area (Å²) in [6, 6.07) is 15.7. The van der Waals surface area contributed by atoms with E-state index in [9.17, 15) is 29.1 Å². The summed E-state index contributed by atoms with van der Waals surface area (Å²) in [5.41, 5.74) is 5.05. The van der Waals surface area contributed by atoms with Crippen molar-refractivity contribution in [3.05, 3.63) is 143 Å². The van der Waals surface area contributed by atoms with Crippen LogP contribution in [-0.2, 0) is 55.1 Å². The number of thioether (sulfide) groups is 1. The van der Waals surface area contributed by atoms with E-state index in [4.69, 9.17) is 46.7 Å². The SMILES string of the molecule is COc1cc2c(cc1OC(=O)Cc1cc(=O)oc3cc(N(C)C)ccc13)CCN[C@]21CS[C@@H]2c3c(OC(C)=O)c(C)c4c(c3[C@@H](COC1=O)N1C2[C@H]2c3c(cc(C)c(OC)c3OC(=O)Cc3cc(=O)oc5cc(N(C)C)ccc35)C[C@H]([C@@H]1O)N2C)OCO4. The lowest BCUT2D eigenvalue weighted by Crippen LogP contribution is -2.70. The molecule has 7 aliphatic rings. The minimum Gasteiger partial charge on any atom is -0.493 e. The molecule has 2 saturated heterocycles. The maximum atomic E-state index is 15.5. The van der Waals surface area contributed by atoms with Crippen LogP contribution in [0.3, 0.4) is 0 Å². The van der Waals surface area contributed by atoms with Crippen molar-refractivity contribution >= 4 is 69.0 Å². The molecule has 7 atom stereocenters. The van der Waals surface area contributed by atoms with Gasteiger partial charge in [-0.05, 0) is 104 Å². The minimum atomic E-state index is -1.59. The third-order valence-electron chi connectivity index (χ3n) is 18.0. The van der Waals surface area contributed by atoms with Crippen LogP contribution in [0.4, 0.5) is 11.4 Å². The molecule has 88 heavy (non-hydrogen) atoms. The molecule has 22 nitrogen and oxygen atoms in total. The number of esters is 4. The van der Waals surface area contributed by atoms with Gasteiger partial charge in [-0.15, -0.1) is 11.8 Å². The van der Waals surface area contributed by atoms with E-state index < -0.39 is 76.3 Å². The summed E-state index contributed by atoms with van der Waals surface area (Å²) in [5, 5.41) is 17.1. The number of benzene rings is 5. The summed E-state index contributed by atoms with van der Waals surface area (Å²) in [6.07, 6.45) is -1.09. The molecule has 4 bridgehead atoms. The van der Waals surface area contributed by atoms with Crippen LogP contribution in [0.1, 0.15) is 79.9 Å². The fraction of sp³-hybridized carbons (Fsp3) is 0.385. The minimum absolute atomic E-state index is 0.0244. The van der Waals surface area contributed by atoms with E-state index >= 15 is 4.79 Å². The number of hydrogen-bond donors (Lipinski definition) is 2. The molecule has 0 amide bonds. The van der Waals surface area contributed by atoms with E-state index in [1.807, 2.05) is 75.1 Å². The van der Waals surface area contributed by atoms with Gasteiger partial charge in [0.25, 0.3) is 0 Å². The number of likely N-dealkylation sites (N-methyl/N-ethyl adjacent to an activating group) is 1. The highest BCUT2D eigenvalue weighted by molar-refractivity contribution is 7.99. The monoisotopic (exact) mass is 1220 g/mol. The van der Waals surface area contributed by atoms with Crippen molar-refractivity contribution in [1.82, 2.24) is 15.1 Å². The Morgan fingerprint density at radius 2 is 1.39 bits per heavy atom. The van der Waals surface area contributed by atoms with Crippen molar-refractivity contribution in [3.63, 3.8) is 0 Å². The van der Waals surface area contributed by atoms with Crippen LogP contribution >= 0.6 is 11.8 Å². The first kappa shape index (κ1) is 58.4. The number of carbonyl (C=O) groups excluding carboxylic acids is 4. The molecule has 0 aliphatic carbocycles. The van der Waals surface area contributed by atoms with Gasteiger partial charge in [0.05, 0.1) is 50.4 Å². The lowest BCUT2D eigenvalue weighted by molar-refractivity contribution is -0.186. The Bertz CT molecular complexity index is 4240. The largest absolute Gasteiger partial charge is 0.493 e. The predicted octanol–water partition coefficient (Wildman–Crippen LogP) is 6.64. The van der Waals surface area contributed by atoms with Crippen molar-refractivity contribution < 1.29 is 71.0 Å². The first-order valence-corrected chi connectivity index (χ1v) is 29.9.